The molecule has 0 unspecified atom stereocenters. The second-order valence-corrected chi connectivity index (χ2v) is 12.6. The minimum Gasteiger partial charge on any atom is -0.492 e. The van der Waals surface area contributed by atoms with Crippen LogP contribution in [0, 0.1) is 32.6 Å². The number of hydrogen-bond acceptors (Lipinski definition) is 3. The molecule has 0 radical (unpaired) electrons. The normalized spacial score (nSPS) is 19.9. The van der Waals surface area contributed by atoms with Gasteiger partial charge in [-0.25, -0.2) is 0 Å². The highest BCUT2D eigenvalue weighted by atomic mass is 35.5. The van der Waals surface area contributed by atoms with Crippen LogP contribution in [0.5, 0.6) is 5.75 Å². The summed E-state index contributed by atoms with van der Waals surface area (Å²) < 4.78 is 5.99. The number of aryl methyl sites for hydroxylation is 3. The summed E-state index contributed by atoms with van der Waals surface area (Å²) in [7, 11) is 0. The standard InChI is InChI=1S/C36H41ClN2O2/c1-23-7-4-10-28(25(23)3)22-39(30-16-17-30)36(40)34-31(19-29-20-38-21-32(29)34)27-14-12-26(13-15-27)9-6-18-41-35-24(2)8-5-11-33(35)37/h4-5,7-8,10-15,29-30,32,38H,6,9,16-22H2,1-3H3/t29-,32+/m0/s1. The predicted octanol–water partition coefficient (Wildman–Crippen LogP) is 7.46. The number of ether oxygens (including phenoxy) is 1. The first-order chi connectivity index (χ1) is 19.9. The summed E-state index contributed by atoms with van der Waals surface area (Å²) in [5.41, 5.74) is 9.74. The minimum absolute atomic E-state index is 0.260. The highest BCUT2D eigenvalue weighted by Gasteiger charge is 2.44. The molecule has 41 heavy (non-hydrogen) atoms. The van der Waals surface area contributed by atoms with E-state index in [1.807, 2.05) is 25.1 Å². The van der Waals surface area contributed by atoms with Crippen LogP contribution in [0.2, 0.25) is 5.02 Å². The monoisotopic (exact) mass is 568 g/mol. The maximum absolute atomic E-state index is 14.4. The number of fused-ring (bicyclic) bond motifs is 1. The molecule has 1 saturated carbocycles. The topological polar surface area (TPSA) is 41.6 Å². The molecule has 1 N–H and O–H groups in total. The smallest absolute Gasteiger partial charge is 0.250 e. The van der Waals surface area contributed by atoms with Gasteiger partial charge in [0.05, 0.1) is 11.6 Å². The lowest BCUT2D eigenvalue weighted by Gasteiger charge is -2.27. The van der Waals surface area contributed by atoms with Gasteiger partial charge in [-0.15, -0.1) is 0 Å². The van der Waals surface area contributed by atoms with Crippen LogP contribution in [-0.2, 0) is 17.8 Å². The van der Waals surface area contributed by atoms with Crippen molar-refractivity contribution in [1.82, 2.24) is 10.2 Å². The van der Waals surface area contributed by atoms with Crippen molar-refractivity contribution in [1.29, 1.82) is 0 Å². The molecule has 214 valence electrons. The number of rotatable bonds is 10. The van der Waals surface area contributed by atoms with E-state index in [0.717, 1.165) is 62.1 Å². The van der Waals surface area contributed by atoms with Crippen LogP contribution in [0.25, 0.3) is 5.57 Å². The third-order valence-corrected chi connectivity index (χ3v) is 9.66. The van der Waals surface area contributed by atoms with Crippen molar-refractivity contribution in [2.24, 2.45) is 11.8 Å². The molecule has 2 atom stereocenters. The Labute approximate surface area is 249 Å². The number of carbonyl (C=O) groups is 1. The van der Waals surface area contributed by atoms with E-state index in [1.54, 1.807) is 0 Å². The van der Waals surface area contributed by atoms with Crippen molar-refractivity contribution in [3.05, 3.63) is 105 Å². The van der Waals surface area contributed by atoms with Gasteiger partial charge >= 0.3 is 0 Å². The summed E-state index contributed by atoms with van der Waals surface area (Å²) in [4.78, 5) is 16.6. The molecule has 1 saturated heterocycles. The van der Waals surface area contributed by atoms with Crippen LogP contribution in [0.15, 0.2) is 66.2 Å². The van der Waals surface area contributed by atoms with Gasteiger partial charge in [0.25, 0.3) is 5.91 Å². The maximum atomic E-state index is 14.4. The number of halogens is 1. The van der Waals surface area contributed by atoms with Crippen molar-refractivity contribution in [2.75, 3.05) is 19.7 Å². The average molecular weight is 569 g/mol. The van der Waals surface area contributed by atoms with Gasteiger partial charge in [0.2, 0.25) is 0 Å². The third-order valence-electron chi connectivity index (χ3n) is 9.36. The molecule has 1 amide bonds. The summed E-state index contributed by atoms with van der Waals surface area (Å²) in [5, 5.41) is 4.23. The lowest BCUT2D eigenvalue weighted by atomic mass is 9.93. The third kappa shape index (κ3) is 5.96. The SMILES string of the molecule is Cc1cccc(CN(C(=O)C2=C(c3ccc(CCCOc4c(C)cccc4Cl)cc3)C[C@H]3CNC[C@@H]23)C2CC2)c1C. The maximum Gasteiger partial charge on any atom is 0.250 e. The fraction of sp³-hybridized carbons (Fsp3) is 0.417. The van der Waals surface area contributed by atoms with Crippen LogP contribution in [0.1, 0.15) is 59.1 Å². The largest absolute Gasteiger partial charge is 0.492 e. The zero-order valence-corrected chi connectivity index (χ0v) is 25.3. The van der Waals surface area contributed by atoms with Gasteiger partial charge < -0.3 is 15.0 Å². The molecule has 3 aromatic rings. The first-order valence-corrected chi connectivity index (χ1v) is 15.6. The van der Waals surface area contributed by atoms with Crippen molar-refractivity contribution < 1.29 is 9.53 Å². The molecule has 2 aliphatic carbocycles. The first kappa shape index (κ1) is 28.1. The minimum atomic E-state index is 0.260. The van der Waals surface area contributed by atoms with Gasteiger partial charge in [0.1, 0.15) is 5.75 Å². The van der Waals surface area contributed by atoms with E-state index in [-0.39, 0.29) is 5.91 Å². The number of hydrogen-bond donors (Lipinski definition) is 1. The van der Waals surface area contributed by atoms with Crippen molar-refractivity contribution >= 4 is 23.1 Å². The lowest BCUT2D eigenvalue weighted by Crippen LogP contribution is -2.36. The molecule has 5 heteroatoms. The Balaban J connectivity index is 1.18. The number of amides is 1. The Morgan fingerprint density at radius 3 is 2.49 bits per heavy atom. The molecule has 0 aromatic heterocycles. The first-order valence-electron chi connectivity index (χ1n) is 15.2. The Morgan fingerprint density at radius 2 is 1.73 bits per heavy atom. The summed E-state index contributed by atoms with van der Waals surface area (Å²) >= 11 is 6.31. The number of nitrogens with one attached hydrogen (secondary N) is 1. The van der Waals surface area contributed by atoms with E-state index in [1.165, 1.54) is 33.4 Å². The number of benzene rings is 3. The lowest BCUT2D eigenvalue weighted by molar-refractivity contribution is -0.128. The van der Waals surface area contributed by atoms with E-state index in [9.17, 15) is 4.79 Å². The zero-order chi connectivity index (χ0) is 28.5. The molecule has 0 bridgehead atoms. The van der Waals surface area contributed by atoms with E-state index in [4.69, 9.17) is 16.3 Å². The van der Waals surface area contributed by atoms with Gasteiger partial charge in [-0.05, 0) is 110 Å². The van der Waals surface area contributed by atoms with Crippen LogP contribution in [0.4, 0.5) is 0 Å². The van der Waals surface area contributed by atoms with Gasteiger partial charge in [-0.1, -0.05) is 66.2 Å². The van der Waals surface area contributed by atoms with Crippen molar-refractivity contribution in [3.63, 3.8) is 0 Å². The van der Waals surface area contributed by atoms with E-state index in [2.05, 4.69) is 66.5 Å². The second kappa shape index (κ2) is 12.0. The van der Waals surface area contributed by atoms with E-state index < -0.39 is 0 Å². The Hall–Kier alpha value is -3.08. The highest BCUT2D eigenvalue weighted by molar-refractivity contribution is 6.32. The van der Waals surface area contributed by atoms with Crippen LogP contribution in [0.3, 0.4) is 0 Å². The van der Waals surface area contributed by atoms with E-state index >= 15 is 0 Å². The Bertz CT molecular complexity index is 1440. The summed E-state index contributed by atoms with van der Waals surface area (Å²) in [5.74, 6) is 1.86. The molecule has 1 aliphatic heterocycles. The zero-order valence-electron chi connectivity index (χ0n) is 24.5. The highest BCUT2D eigenvalue weighted by Crippen LogP contribution is 2.46. The second-order valence-electron chi connectivity index (χ2n) is 12.2. The van der Waals surface area contributed by atoms with Crippen LogP contribution in [-0.4, -0.2) is 36.5 Å². The molecule has 2 fully saturated rings. The molecule has 3 aliphatic rings. The number of para-hydroxylation sites is 1. The van der Waals surface area contributed by atoms with Crippen LogP contribution < -0.4 is 10.1 Å². The average Bonchev–Trinajstić information content (AvgIpc) is 3.59. The van der Waals surface area contributed by atoms with Gasteiger partial charge in [-0.3, -0.25) is 4.79 Å². The summed E-state index contributed by atoms with van der Waals surface area (Å²) in [6.45, 7) is 9.59. The van der Waals surface area contributed by atoms with Gasteiger partial charge in [0, 0.05) is 30.6 Å². The molecular formula is C36H41ClN2O2. The fourth-order valence-electron chi connectivity index (χ4n) is 6.64. The predicted molar refractivity (Wildman–Crippen MR) is 167 cm³/mol. The summed E-state index contributed by atoms with van der Waals surface area (Å²) in [6, 6.07) is 21.6. The molecule has 6 rings (SSSR count). The van der Waals surface area contributed by atoms with Crippen molar-refractivity contribution in [2.45, 2.75) is 65.5 Å². The molecule has 3 aromatic carbocycles. The molecule has 1 heterocycles. The quantitative estimate of drug-likeness (QED) is 0.258. The number of allylic oxidation sites excluding steroid dienone is 1. The Morgan fingerprint density at radius 1 is 0.976 bits per heavy atom. The van der Waals surface area contributed by atoms with E-state index in [0.29, 0.717) is 36.1 Å². The van der Waals surface area contributed by atoms with Gasteiger partial charge in [0.15, 0.2) is 0 Å². The number of carbonyl (C=O) groups excluding carboxylic acids is 1. The summed E-state index contributed by atoms with van der Waals surface area (Å²) in [6.07, 6.45) is 5.06. The van der Waals surface area contributed by atoms with Gasteiger partial charge in [-0.2, -0.15) is 0 Å². The van der Waals surface area contributed by atoms with Crippen molar-refractivity contribution in [3.8, 4) is 5.75 Å². The molecular weight excluding hydrogens is 528 g/mol. The van der Waals surface area contributed by atoms with Crippen LogP contribution >= 0.6 is 11.6 Å². The number of nitrogens with zero attached hydrogens (tertiary/aromatic N) is 1. The molecule has 4 nitrogen and oxygen atoms in total. The fourth-order valence-corrected chi connectivity index (χ4v) is 6.92. The Kier molecular flexibility index (Phi) is 8.23. The molecule has 0 spiro atoms.